The Morgan fingerprint density at radius 3 is 1.31 bits per heavy atom. The van der Waals surface area contributed by atoms with E-state index in [4.69, 9.17) is 11.5 Å². The molecule has 0 rings (SSSR count). The van der Waals surface area contributed by atoms with E-state index in [1.54, 1.807) is 0 Å². The quantitative estimate of drug-likeness (QED) is 0.0982. The molecule has 0 aliphatic carbocycles. The molecule has 0 aromatic carbocycles. The summed E-state index contributed by atoms with van der Waals surface area (Å²) >= 11 is 0. The van der Waals surface area contributed by atoms with Gasteiger partial charge in [0.25, 0.3) is 0 Å². The first-order chi connectivity index (χ1) is 16.6. The van der Waals surface area contributed by atoms with E-state index >= 15 is 0 Å². The summed E-state index contributed by atoms with van der Waals surface area (Å²) in [4.78, 5) is 11.7. The second-order valence-corrected chi connectivity index (χ2v) is 10.8. The number of carboxylic acids is 1. The molecule has 0 saturated carbocycles. The fourth-order valence-electron chi connectivity index (χ4n) is 5.44. The Labute approximate surface area is 243 Å². The van der Waals surface area contributed by atoms with Crippen LogP contribution in [0.2, 0.25) is 0 Å². The fourth-order valence-corrected chi connectivity index (χ4v) is 5.44. The van der Waals surface area contributed by atoms with Crippen molar-refractivity contribution in [3.63, 3.8) is 0 Å². The number of hydrogen-bond acceptors (Lipinski definition) is 3. The average Bonchev–Trinajstić information content (AvgIpc) is 2.83. The third-order valence-electron chi connectivity index (χ3n) is 7.71. The smallest absolute Gasteiger partial charge is 1.00 e. The van der Waals surface area contributed by atoms with Gasteiger partial charge in [-0.25, -0.2) is 0 Å². The SMILES string of the molecule is CCCCCCCCCCCCC(CCN)C(CCCCCCCCCCCC)C(N)C(=O)O.[H-].[Na+]. The van der Waals surface area contributed by atoms with E-state index in [1.165, 1.54) is 122 Å². The number of unbranched alkanes of at least 4 members (excludes halogenated alkanes) is 18. The Morgan fingerprint density at radius 1 is 0.629 bits per heavy atom. The Kier molecular flexibility index (Phi) is 31.1. The summed E-state index contributed by atoms with van der Waals surface area (Å²) in [6.07, 6.45) is 29.2. The number of carbonyl (C=O) groups is 1. The molecule has 3 atom stereocenters. The number of aliphatic carboxylic acids is 1. The summed E-state index contributed by atoms with van der Waals surface area (Å²) < 4.78 is 0. The first kappa shape index (κ1) is 37.5. The maximum absolute atomic E-state index is 11.7. The average molecular weight is 507 g/mol. The molecule has 0 aliphatic heterocycles. The van der Waals surface area contributed by atoms with Crippen LogP contribution in [0.1, 0.15) is 163 Å². The number of carboxylic acid groups (broad SMARTS) is 1. The molecule has 4 nitrogen and oxygen atoms in total. The predicted molar refractivity (Wildman–Crippen MR) is 150 cm³/mol. The minimum atomic E-state index is -0.845. The van der Waals surface area contributed by atoms with Crippen LogP contribution in [-0.2, 0) is 4.79 Å². The van der Waals surface area contributed by atoms with E-state index in [2.05, 4.69) is 13.8 Å². The van der Waals surface area contributed by atoms with Gasteiger partial charge in [0.1, 0.15) is 6.04 Å². The third kappa shape index (κ3) is 23.3. The zero-order valence-electron chi connectivity index (χ0n) is 25.2. The molecule has 3 unspecified atom stereocenters. The third-order valence-corrected chi connectivity index (χ3v) is 7.71. The second kappa shape index (κ2) is 29.0. The first-order valence-corrected chi connectivity index (χ1v) is 15.3. The monoisotopic (exact) mass is 506 g/mol. The largest absolute Gasteiger partial charge is 1.00 e. The van der Waals surface area contributed by atoms with Crippen molar-refractivity contribution in [3.05, 3.63) is 0 Å². The van der Waals surface area contributed by atoms with Crippen LogP contribution < -0.4 is 41.0 Å². The molecule has 5 N–H and O–H groups in total. The Bertz CT molecular complexity index is 443. The van der Waals surface area contributed by atoms with Crippen LogP contribution in [0.25, 0.3) is 0 Å². The first-order valence-electron chi connectivity index (χ1n) is 15.3. The minimum absolute atomic E-state index is 0. The molecule has 0 radical (unpaired) electrons. The molecular formula is C30H63N2NaO2. The molecular weight excluding hydrogens is 443 g/mol. The molecule has 206 valence electrons. The standard InChI is InChI=1S/C30H62N2O2.Na.H/c1-3-5-7-9-11-13-15-17-19-21-23-27(25-26-31)28(29(32)30(33)34)24-22-20-18-16-14-12-10-8-6-4-2;;/h27-29H,3-26,31-32H2,1-2H3,(H,33,34);;/q;+1;-1. The number of rotatable bonds is 27. The topological polar surface area (TPSA) is 89.3 Å². The molecule has 5 heteroatoms. The molecule has 0 aliphatic rings. The van der Waals surface area contributed by atoms with Crippen molar-refractivity contribution in [1.29, 1.82) is 0 Å². The van der Waals surface area contributed by atoms with E-state index < -0.39 is 12.0 Å². The van der Waals surface area contributed by atoms with Crippen LogP contribution >= 0.6 is 0 Å². The van der Waals surface area contributed by atoms with Gasteiger partial charge in [0, 0.05) is 0 Å². The normalized spacial score (nSPS) is 13.8. The second-order valence-electron chi connectivity index (χ2n) is 10.8. The molecule has 0 saturated heterocycles. The van der Waals surface area contributed by atoms with E-state index in [1.807, 2.05) is 0 Å². The van der Waals surface area contributed by atoms with Gasteiger partial charge in [-0.05, 0) is 31.2 Å². The van der Waals surface area contributed by atoms with Gasteiger partial charge < -0.3 is 18.0 Å². The summed E-state index contributed by atoms with van der Waals surface area (Å²) in [5.41, 5.74) is 12.1. The summed E-state index contributed by atoms with van der Waals surface area (Å²) in [6.45, 7) is 5.16. The molecule has 0 amide bonds. The van der Waals surface area contributed by atoms with Crippen molar-refractivity contribution >= 4 is 5.97 Å². The van der Waals surface area contributed by atoms with Crippen molar-refractivity contribution in [2.75, 3.05) is 6.54 Å². The van der Waals surface area contributed by atoms with Crippen LogP contribution in [0.3, 0.4) is 0 Å². The molecule has 0 fully saturated rings. The van der Waals surface area contributed by atoms with Gasteiger partial charge in [-0.15, -0.1) is 0 Å². The van der Waals surface area contributed by atoms with E-state index in [0.717, 1.165) is 25.7 Å². The molecule has 0 spiro atoms. The van der Waals surface area contributed by atoms with Gasteiger partial charge in [0.15, 0.2) is 0 Å². The van der Waals surface area contributed by atoms with Gasteiger partial charge in [-0.2, -0.15) is 0 Å². The number of hydrogen-bond donors (Lipinski definition) is 3. The molecule has 0 heterocycles. The predicted octanol–water partition coefficient (Wildman–Crippen LogP) is 5.72. The van der Waals surface area contributed by atoms with Crippen molar-refractivity contribution in [2.24, 2.45) is 23.3 Å². The van der Waals surface area contributed by atoms with Crippen LogP contribution in [-0.4, -0.2) is 23.7 Å². The van der Waals surface area contributed by atoms with Crippen molar-refractivity contribution in [1.82, 2.24) is 0 Å². The van der Waals surface area contributed by atoms with Crippen LogP contribution in [0.4, 0.5) is 0 Å². The van der Waals surface area contributed by atoms with E-state index in [9.17, 15) is 9.90 Å². The minimum Gasteiger partial charge on any atom is -1.00 e. The van der Waals surface area contributed by atoms with Crippen molar-refractivity contribution in [2.45, 2.75) is 168 Å². The zero-order chi connectivity index (χ0) is 25.3. The van der Waals surface area contributed by atoms with Gasteiger partial charge in [0.2, 0.25) is 0 Å². The molecule has 0 aromatic heterocycles. The summed E-state index contributed by atoms with van der Waals surface area (Å²) in [5, 5.41) is 9.62. The maximum Gasteiger partial charge on any atom is 1.00 e. The Hall–Kier alpha value is 0.390. The van der Waals surface area contributed by atoms with E-state index in [0.29, 0.717) is 12.5 Å². The van der Waals surface area contributed by atoms with E-state index in [-0.39, 0.29) is 36.9 Å². The van der Waals surface area contributed by atoms with Crippen LogP contribution in [0.5, 0.6) is 0 Å². The van der Waals surface area contributed by atoms with Gasteiger partial charge in [0.05, 0.1) is 0 Å². The zero-order valence-corrected chi connectivity index (χ0v) is 26.2. The molecule has 0 bridgehead atoms. The van der Waals surface area contributed by atoms with Gasteiger partial charge in [-0.1, -0.05) is 149 Å². The fraction of sp³-hybridized carbons (Fsp3) is 0.967. The van der Waals surface area contributed by atoms with Gasteiger partial charge in [-0.3, -0.25) is 4.79 Å². The molecule has 35 heavy (non-hydrogen) atoms. The summed E-state index contributed by atoms with van der Waals surface area (Å²) in [5.74, 6) is -0.431. The summed E-state index contributed by atoms with van der Waals surface area (Å²) in [6, 6.07) is -0.752. The molecule has 0 aromatic rings. The van der Waals surface area contributed by atoms with Crippen LogP contribution in [0, 0.1) is 11.8 Å². The van der Waals surface area contributed by atoms with Crippen molar-refractivity contribution < 1.29 is 40.9 Å². The number of nitrogens with two attached hydrogens (primary N) is 2. The maximum atomic E-state index is 11.7. The van der Waals surface area contributed by atoms with Crippen molar-refractivity contribution in [3.8, 4) is 0 Å². The van der Waals surface area contributed by atoms with Gasteiger partial charge >= 0.3 is 35.5 Å². The van der Waals surface area contributed by atoms with Crippen LogP contribution in [0.15, 0.2) is 0 Å². The Morgan fingerprint density at radius 2 is 0.971 bits per heavy atom. The Balaban J connectivity index is -0.00000544. The summed E-state index contributed by atoms with van der Waals surface area (Å²) in [7, 11) is 0.